The van der Waals surface area contributed by atoms with E-state index in [4.69, 9.17) is 17.3 Å². The third kappa shape index (κ3) is 2.21. The molecular weight excluding hydrogens is 224 g/mol. The lowest BCUT2D eigenvalue weighted by Crippen LogP contribution is -2.40. The lowest BCUT2D eigenvalue weighted by atomic mass is 10.0. The topological polar surface area (TPSA) is 55.0 Å². The normalized spacial score (nSPS) is 21.1. The van der Waals surface area contributed by atoms with Gasteiger partial charge in [0.1, 0.15) is 5.02 Å². The summed E-state index contributed by atoms with van der Waals surface area (Å²) in [5, 5.41) is 0.592. The minimum absolute atomic E-state index is 0.292. The summed E-state index contributed by atoms with van der Waals surface area (Å²) in [6.45, 7) is 3.20. The first-order valence-corrected chi connectivity index (χ1v) is 6.14. The Bertz CT molecular complexity index is 369. The quantitative estimate of drug-likeness (QED) is 0.863. The minimum Gasteiger partial charge on any atom is -0.368 e. The van der Waals surface area contributed by atoms with Crippen LogP contribution >= 0.6 is 11.6 Å². The van der Waals surface area contributed by atoms with Crippen LogP contribution in [-0.2, 0) is 0 Å². The van der Waals surface area contributed by atoms with Gasteiger partial charge < -0.3 is 10.6 Å². The average molecular weight is 241 g/mol. The molecule has 0 aliphatic carbocycles. The molecule has 1 saturated heterocycles. The minimum atomic E-state index is 0.292. The van der Waals surface area contributed by atoms with Gasteiger partial charge >= 0.3 is 0 Å². The van der Waals surface area contributed by atoms with Crippen LogP contribution in [-0.4, -0.2) is 22.6 Å². The zero-order valence-electron chi connectivity index (χ0n) is 9.49. The molecule has 0 saturated carbocycles. The van der Waals surface area contributed by atoms with E-state index < -0.39 is 0 Å². The van der Waals surface area contributed by atoms with Crippen LogP contribution in [0.1, 0.15) is 32.6 Å². The van der Waals surface area contributed by atoms with Crippen molar-refractivity contribution in [2.24, 2.45) is 0 Å². The van der Waals surface area contributed by atoms with E-state index in [0.717, 1.165) is 18.8 Å². The Morgan fingerprint density at radius 3 is 3.12 bits per heavy atom. The molecule has 1 aliphatic heterocycles. The number of hydrogen-bond donors (Lipinski definition) is 1. The molecule has 2 N–H and O–H groups in total. The summed E-state index contributed by atoms with van der Waals surface area (Å²) in [5.41, 5.74) is 5.61. The number of nitrogens with zero attached hydrogens (tertiary/aromatic N) is 3. The van der Waals surface area contributed by atoms with Crippen molar-refractivity contribution >= 4 is 23.4 Å². The van der Waals surface area contributed by atoms with Gasteiger partial charge in [-0.3, -0.25) is 0 Å². The van der Waals surface area contributed by atoms with Crippen molar-refractivity contribution < 1.29 is 0 Å². The molecule has 1 aromatic heterocycles. The molecule has 0 spiro atoms. The molecule has 0 amide bonds. The van der Waals surface area contributed by atoms with Crippen LogP contribution in [0.5, 0.6) is 0 Å². The zero-order valence-corrected chi connectivity index (χ0v) is 10.2. The molecular formula is C11H17ClN4. The van der Waals surface area contributed by atoms with Crippen molar-refractivity contribution in [3.8, 4) is 0 Å². The van der Waals surface area contributed by atoms with E-state index in [-0.39, 0.29) is 0 Å². The number of rotatable bonds is 2. The highest BCUT2D eigenvalue weighted by atomic mass is 35.5. The maximum absolute atomic E-state index is 6.13. The zero-order chi connectivity index (χ0) is 11.5. The molecule has 0 bridgehead atoms. The highest BCUT2D eigenvalue weighted by molar-refractivity contribution is 6.32. The van der Waals surface area contributed by atoms with Gasteiger partial charge in [-0.15, -0.1) is 0 Å². The molecule has 1 aromatic rings. The van der Waals surface area contributed by atoms with E-state index in [1.165, 1.54) is 19.3 Å². The Balaban J connectivity index is 2.30. The number of halogens is 1. The fraction of sp³-hybridized carbons (Fsp3) is 0.636. The summed E-state index contributed by atoms with van der Waals surface area (Å²) in [5.74, 6) is 1.08. The molecule has 0 aromatic carbocycles. The van der Waals surface area contributed by atoms with Gasteiger partial charge in [0.15, 0.2) is 5.82 Å². The number of anilines is 2. The molecule has 1 fully saturated rings. The first kappa shape index (κ1) is 11.5. The van der Waals surface area contributed by atoms with Gasteiger partial charge in [-0.1, -0.05) is 18.5 Å². The molecule has 1 unspecified atom stereocenters. The number of nitrogens with two attached hydrogens (primary N) is 1. The summed E-state index contributed by atoms with van der Waals surface area (Å²) >= 11 is 6.13. The number of nitrogen functional groups attached to an aromatic ring is 1. The summed E-state index contributed by atoms with van der Waals surface area (Å²) in [6.07, 6.45) is 6.38. The second-order valence-electron chi connectivity index (χ2n) is 4.15. The van der Waals surface area contributed by atoms with Crippen LogP contribution in [0.3, 0.4) is 0 Å². The Morgan fingerprint density at radius 2 is 2.38 bits per heavy atom. The fourth-order valence-electron chi connectivity index (χ4n) is 2.28. The highest BCUT2D eigenvalue weighted by Gasteiger charge is 2.24. The van der Waals surface area contributed by atoms with Gasteiger partial charge in [0.05, 0.1) is 6.20 Å². The highest BCUT2D eigenvalue weighted by Crippen LogP contribution is 2.30. The SMILES string of the molecule is CCC1CCCCN1c1nc(N)ncc1Cl. The Morgan fingerprint density at radius 1 is 1.56 bits per heavy atom. The van der Waals surface area contributed by atoms with Crippen LogP contribution in [0.4, 0.5) is 11.8 Å². The van der Waals surface area contributed by atoms with Crippen LogP contribution in [0.25, 0.3) is 0 Å². The van der Waals surface area contributed by atoms with Crippen LogP contribution in [0, 0.1) is 0 Å². The van der Waals surface area contributed by atoms with E-state index in [0.29, 0.717) is 17.0 Å². The van der Waals surface area contributed by atoms with Crippen molar-refractivity contribution in [1.82, 2.24) is 9.97 Å². The Kier molecular flexibility index (Phi) is 3.49. The molecule has 0 radical (unpaired) electrons. The van der Waals surface area contributed by atoms with Crippen molar-refractivity contribution in [2.75, 3.05) is 17.2 Å². The molecule has 16 heavy (non-hydrogen) atoms. The number of piperidine rings is 1. The number of hydrogen-bond acceptors (Lipinski definition) is 4. The van der Waals surface area contributed by atoms with E-state index >= 15 is 0 Å². The third-order valence-corrected chi connectivity index (χ3v) is 3.38. The average Bonchev–Trinajstić information content (AvgIpc) is 2.32. The predicted molar refractivity (Wildman–Crippen MR) is 66.7 cm³/mol. The Hall–Kier alpha value is -1.03. The summed E-state index contributed by atoms with van der Waals surface area (Å²) < 4.78 is 0. The first-order chi connectivity index (χ1) is 7.72. The Labute approximate surface area is 101 Å². The molecule has 1 atom stereocenters. The van der Waals surface area contributed by atoms with Gasteiger partial charge in [0, 0.05) is 12.6 Å². The van der Waals surface area contributed by atoms with E-state index in [9.17, 15) is 0 Å². The standard InChI is InChI=1S/C11H17ClN4/c1-2-8-5-3-4-6-16(8)10-9(12)7-14-11(13)15-10/h7-8H,2-6H2,1H3,(H2,13,14,15). The van der Waals surface area contributed by atoms with Crippen molar-refractivity contribution in [3.05, 3.63) is 11.2 Å². The maximum Gasteiger partial charge on any atom is 0.222 e. The van der Waals surface area contributed by atoms with Gasteiger partial charge in [-0.05, 0) is 25.7 Å². The molecule has 2 heterocycles. The van der Waals surface area contributed by atoms with E-state index in [1.54, 1.807) is 6.20 Å². The second kappa shape index (κ2) is 4.87. The van der Waals surface area contributed by atoms with E-state index in [2.05, 4.69) is 21.8 Å². The largest absolute Gasteiger partial charge is 0.368 e. The predicted octanol–water partition coefficient (Wildman–Crippen LogP) is 2.48. The number of aromatic nitrogens is 2. The van der Waals surface area contributed by atoms with E-state index in [1.807, 2.05) is 0 Å². The van der Waals surface area contributed by atoms with Crippen LogP contribution in [0.15, 0.2) is 6.20 Å². The van der Waals surface area contributed by atoms with Gasteiger partial charge in [0.2, 0.25) is 5.95 Å². The second-order valence-corrected chi connectivity index (χ2v) is 4.56. The molecule has 1 aliphatic rings. The smallest absolute Gasteiger partial charge is 0.222 e. The summed E-state index contributed by atoms with van der Waals surface area (Å²) in [6, 6.07) is 0.528. The molecule has 4 nitrogen and oxygen atoms in total. The van der Waals surface area contributed by atoms with Crippen molar-refractivity contribution in [1.29, 1.82) is 0 Å². The lowest BCUT2D eigenvalue weighted by Gasteiger charge is -2.36. The van der Waals surface area contributed by atoms with Crippen molar-refractivity contribution in [2.45, 2.75) is 38.6 Å². The van der Waals surface area contributed by atoms with Gasteiger partial charge in [-0.25, -0.2) is 4.98 Å². The molecule has 5 heteroatoms. The lowest BCUT2D eigenvalue weighted by molar-refractivity contribution is 0.447. The van der Waals surface area contributed by atoms with Crippen molar-refractivity contribution in [3.63, 3.8) is 0 Å². The summed E-state index contributed by atoms with van der Waals surface area (Å²) in [7, 11) is 0. The maximum atomic E-state index is 6.13. The first-order valence-electron chi connectivity index (χ1n) is 5.77. The fourth-order valence-corrected chi connectivity index (χ4v) is 2.48. The third-order valence-electron chi connectivity index (χ3n) is 3.11. The summed E-state index contributed by atoms with van der Waals surface area (Å²) in [4.78, 5) is 10.4. The van der Waals surface area contributed by atoms with Gasteiger partial charge in [-0.2, -0.15) is 4.98 Å². The monoisotopic (exact) mass is 240 g/mol. The van der Waals surface area contributed by atoms with Gasteiger partial charge in [0.25, 0.3) is 0 Å². The van der Waals surface area contributed by atoms with Crippen LogP contribution in [0.2, 0.25) is 5.02 Å². The molecule has 88 valence electrons. The van der Waals surface area contributed by atoms with Crippen LogP contribution < -0.4 is 10.6 Å². The molecule has 2 rings (SSSR count).